The van der Waals surface area contributed by atoms with E-state index in [9.17, 15) is 5.11 Å². The van der Waals surface area contributed by atoms with Crippen molar-refractivity contribution in [2.75, 3.05) is 13.2 Å². The van der Waals surface area contributed by atoms with Gasteiger partial charge in [-0.1, -0.05) is 25.5 Å². The van der Waals surface area contributed by atoms with Crippen LogP contribution < -0.4 is 0 Å². The zero-order chi connectivity index (χ0) is 19.1. The van der Waals surface area contributed by atoms with Gasteiger partial charge in [0.2, 0.25) is 0 Å². The van der Waals surface area contributed by atoms with Crippen molar-refractivity contribution in [2.24, 2.45) is 34.5 Å². The van der Waals surface area contributed by atoms with Crippen LogP contribution in [0.25, 0.3) is 0 Å². The van der Waals surface area contributed by atoms with Gasteiger partial charge < -0.3 is 14.6 Å². The molecule has 5 rings (SSSR count). The molecule has 0 bridgehead atoms. The highest BCUT2D eigenvalue weighted by Gasteiger charge is 2.63. The van der Waals surface area contributed by atoms with Crippen LogP contribution in [0.4, 0.5) is 0 Å². The summed E-state index contributed by atoms with van der Waals surface area (Å²) < 4.78 is 12.3. The zero-order valence-electron chi connectivity index (χ0n) is 17.7. The summed E-state index contributed by atoms with van der Waals surface area (Å²) in [5.74, 6) is 2.56. The quantitative estimate of drug-likeness (QED) is 0.651. The molecule has 3 nitrogen and oxygen atoms in total. The predicted octanol–water partition coefficient (Wildman–Crippen LogP) is 5.08. The number of hydrogen-bond donors (Lipinski definition) is 1. The van der Waals surface area contributed by atoms with E-state index in [0.29, 0.717) is 16.7 Å². The molecular formula is C24H38O3. The van der Waals surface area contributed by atoms with E-state index in [-0.39, 0.29) is 5.79 Å². The molecule has 0 unspecified atom stereocenters. The molecule has 152 valence electrons. The number of hydrogen-bond acceptors (Lipinski definition) is 3. The second-order valence-corrected chi connectivity index (χ2v) is 11.3. The second kappa shape index (κ2) is 5.83. The molecule has 27 heavy (non-hydrogen) atoms. The van der Waals surface area contributed by atoms with Gasteiger partial charge in [-0.3, -0.25) is 0 Å². The lowest BCUT2D eigenvalue weighted by atomic mass is 9.46. The number of fused-ring (bicyclic) bond motifs is 5. The average molecular weight is 375 g/mol. The van der Waals surface area contributed by atoms with Gasteiger partial charge >= 0.3 is 0 Å². The van der Waals surface area contributed by atoms with Crippen LogP contribution in [0.1, 0.15) is 79.1 Å². The SMILES string of the molecule is CC1([C@H]2CC[C@H]3[C@@H]4CC=C5C[C@@](C)(O)CC[C@]5(C)[C@H]4CC[C@]23C)OCCO1. The molecule has 3 saturated carbocycles. The molecule has 1 aliphatic heterocycles. The maximum atomic E-state index is 10.6. The molecule has 0 aromatic heterocycles. The van der Waals surface area contributed by atoms with Gasteiger partial charge in [-0.2, -0.15) is 0 Å². The van der Waals surface area contributed by atoms with Gasteiger partial charge in [0.1, 0.15) is 0 Å². The van der Waals surface area contributed by atoms with Crippen molar-refractivity contribution in [3.05, 3.63) is 11.6 Å². The van der Waals surface area contributed by atoms with Gasteiger partial charge in [-0.15, -0.1) is 0 Å². The fourth-order valence-corrected chi connectivity index (χ4v) is 8.40. The summed E-state index contributed by atoms with van der Waals surface area (Å²) in [4.78, 5) is 0. The van der Waals surface area contributed by atoms with Crippen molar-refractivity contribution in [3.8, 4) is 0 Å². The topological polar surface area (TPSA) is 38.7 Å². The van der Waals surface area contributed by atoms with Crippen LogP contribution in [0.3, 0.4) is 0 Å². The van der Waals surface area contributed by atoms with Crippen LogP contribution in [0.15, 0.2) is 11.6 Å². The molecule has 4 aliphatic carbocycles. The van der Waals surface area contributed by atoms with E-state index in [2.05, 4.69) is 26.8 Å². The van der Waals surface area contributed by atoms with Crippen molar-refractivity contribution in [3.63, 3.8) is 0 Å². The number of ether oxygens (including phenoxy) is 2. The first-order chi connectivity index (χ1) is 12.7. The Morgan fingerprint density at radius 3 is 2.41 bits per heavy atom. The second-order valence-electron chi connectivity index (χ2n) is 11.3. The standard InChI is InChI=1S/C24H38O3/c1-21(25)11-12-22(2)16(15-21)5-6-17-18-7-8-20(24(4)26-13-14-27-24)23(18,3)10-9-19(17)22/h5,17-20,25H,6-15H2,1-4H3/t17-,18-,19-,20-,21-,22-,23-/m0/s1. The molecule has 0 aromatic carbocycles. The van der Waals surface area contributed by atoms with Crippen molar-refractivity contribution in [1.82, 2.24) is 0 Å². The Hall–Kier alpha value is -0.380. The summed E-state index contributed by atoms with van der Waals surface area (Å²) in [6.45, 7) is 10.8. The van der Waals surface area contributed by atoms with E-state index in [4.69, 9.17) is 9.47 Å². The van der Waals surface area contributed by atoms with Crippen LogP contribution in [0, 0.1) is 34.5 Å². The molecular weight excluding hydrogens is 336 g/mol. The highest BCUT2D eigenvalue weighted by atomic mass is 16.7. The third-order valence-electron chi connectivity index (χ3n) is 9.87. The lowest BCUT2D eigenvalue weighted by Crippen LogP contribution is -2.54. The highest BCUT2D eigenvalue weighted by molar-refractivity contribution is 5.27. The third-order valence-corrected chi connectivity index (χ3v) is 9.87. The van der Waals surface area contributed by atoms with Crippen molar-refractivity contribution in [2.45, 2.75) is 90.4 Å². The minimum atomic E-state index is -0.494. The van der Waals surface area contributed by atoms with Gasteiger partial charge in [0.05, 0.1) is 18.8 Å². The first-order valence-electron chi connectivity index (χ1n) is 11.4. The summed E-state index contributed by atoms with van der Waals surface area (Å²) in [5, 5.41) is 10.6. The van der Waals surface area contributed by atoms with E-state index in [1.165, 1.54) is 32.1 Å². The average Bonchev–Trinajstić information content (AvgIpc) is 3.19. The number of rotatable bonds is 1. The van der Waals surface area contributed by atoms with Crippen LogP contribution in [0.5, 0.6) is 0 Å². The largest absolute Gasteiger partial charge is 0.390 e. The monoisotopic (exact) mass is 374 g/mol. The Kier molecular flexibility index (Phi) is 4.02. The molecule has 3 heteroatoms. The van der Waals surface area contributed by atoms with Gasteiger partial charge in [0.15, 0.2) is 5.79 Å². The molecule has 0 spiro atoms. The normalized spacial score (nSPS) is 54.0. The molecule has 5 aliphatic rings. The first-order valence-corrected chi connectivity index (χ1v) is 11.4. The molecule has 7 atom stereocenters. The van der Waals surface area contributed by atoms with Gasteiger partial charge in [0, 0.05) is 5.92 Å². The molecule has 0 amide bonds. The fraction of sp³-hybridized carbons (Fsp3) is 0.917. The summed E-state index contributed by atoms with van der Waals surface area (Å²) in [7, 11) is 0. The smallest absolute Gasteiger partial charge is 0.169 e. The Labute approximate surface area is 164 Å². The third kappa shape index (κ3) is 2.57. The maximum Gasteiger partial charge on any atom is 0.169 e. The Balaban J connectivity index is 1.44. The summed E-state index contributed by atoms with van der Waals surface area (Å²) >= 11 is 0. The minimum Gasteiger partial charge on any atom is -0.390 e. The Morgan fingerprint density at radius 2 is 1.67 bits per heavy atom. The number of aliphatic hydroxyl groups is 1. The van der Waals surface area contributed by atoms with Crippen LogP contribution in [0.2, 0.25) is 0 Å². The van der Waals surface area contributed by atoms with E-state index in [0.717, 1.165) is 50.2 Å². The number of allylic oxidation sites excluding steroid dienone is 1. The van der Waals surface area contributed by atoms with E-state index in [1.54, 1.807) is 5.57 Å². The lowest BCUT2D eigenvalue weighted by Gasteiger charge is -2.59. The van der Waals surface area contributed by atoms with Gasteiger partial charge in [-0.05, 0) is 93.8 Å². The molecule has 1 saturated heterocycles. The molecule has 0 aromatic rings. The highest BCUT2D eigenvalue weighted by Crippen LogP contribution is 2.68. The molecule has 0 radical (unpaired) electrons. The predicted molar refractivity (Wildman–Crippen MR) is 106 cm³/mol. The fourth-order valence-electron chi connectivity index (χ4n) is 8.40. The summed E-state index contributed by atoms with van der Waals surface area (Å²) in [5.41, 5.74) is 1.73. The van der Waals surface area contributed by atoms with Crippen LogP contribution >= 0.6 is 0 Å². The lowest BCUT2D eigenvalue weighted by molar-refractivity contribution is -0.214. The Morgan fingerprint density at radius 1 is 0.926 bits per heavy atom. The zero-order valence-corrected chi connectivity index (χ0v) is 17.7. The Bertz CT molecular complexity index is 646. The van der Waals surface area contributed by atoms with E-state index < -0.39 is 5.60 Å². The minimum absolute atomic E-state index is 0.314. The van der Waals surface area contributed by atoms with Crippen molar-refractivity contribution in [1.29, 1.82) is 0 Å². The van der Waals surface area contributed by atoms with Gasteiger partial charge in [0.25, 0.3) is 0 Å². The first kappa shape index (κ1) is 18.6. The van der Waals surface area contributed by atoms with Crippen molar-refractivity contribution < 1.29 is 14.6 Å². The van der Waals surface area contributed by atoms with Crippen LogP contribution in [-0.2, 0) is 9.47 Å². The summed E-state index contributed by atoms with van der Waals surface area (Å²) in [6.07, 6.45) is 12.0. The van der Waals surface area contributed by atoms with Gasteiger partial charge in [-0.25, -0.2) is 0 Å². The van der Waals surface area contributed by atoms with E-state index in [1.807, 2.05) is 6.92 Å². The maximum absolute atomic E-state index is 10.6. The molecule has 1 heterocycles. The molecule has 1 N–H and O–H groups in total. The summed E-state index contributed by atoms with van der Waals surface area (Å²) in [6, 6.07) is 0. The van der Waals surface area contributed by atoms with Crippen LogP contribution in [-0.4, -0.2) is 29.7 Å². The van der Waals surface area contributed by atoms with Crippen molar-refractivity contribution >= 4 is 0 Å². The molecule has 4 fully saturated rings. The van der Waals surface area contributed by atoms with E-state index >= 15 is 0 Å².